The number of ketones is 1. The summed E-state index contributed by atoms with van der Waals surface area (Å²) in [7, 11) is 3.79. The smallest absolute Gasteiger partial charge is 0.298 e. The first-order valence-corrected chi connectivity index (χ1v) is 13.8. The number of carbonyl (C=O) groups is 4. The fourth-order valence-electron chi connectivity index (χ4n) is 4.13. The first-order chi connectivity index (χ1) is 21.2. The zero-order valence-corrected chi connectivity index (χ0v) is 25.0. The summed E-state index contributed by atoms with van der Waals surface area (Å²) in [4.78, 5) is 57.3. The van der Waals surface area contributed by atoms with Crippen LogP contribution in [0.3, 0.4) is 0 Å². The van der Waals surface area contributed by atoms with Crippen LogP contribution in [0.5, 0.6) is 5.75 Å². The molecule has 0 unspecified atom stereocenters. The van der Waals surface area contributed by atoms with Crippen LogP contribution >= 0.6 is 0 Å². The molecule has 0 saturated carbocycles. The molecule has 1 saturated heterocycles. The van der Waals surface area contributed by atoms with Gasteiger partial charge < -0.3 is 19.1 Å². The van der Waals surface area contributed by atoms with E-state index in [1.807, 2.05) is 49.1 Å². The van der Waals surface area contributed by atoms with Crippen molar-refractivity contribution in [3.63, 3.8) is 0 Å². The Morgan fingerprint density at radius 3 is 2.05 bits per heavy atom. The van der Waals surface area contributed by atoms with Crippen LogP contribution < -0.4 is 4.74 Å². The van der Waals surface area contributed by atoms with Crippen LogP contribution in [-0.4, -0.2) is 77.0 Å². The van der Waals surface area contributed by atoms with Gasteiger partial charge in [0.1, 0.15) is 11.6 Å². The van der Waals surface area contributed by atoms with Gasteiger partial charge in [-0.1, -0.05) is 38.1 Å². The number of aldehydes is 1. The molecule has 3 aromatic carbocycles. The molecule has 1 aliphatic rings. The molecular formula is C32H35FN4O7. The summed E-state index contributed by atoms with van der Waals surface area (Å²) >= 11 is 0. The van der Waals surface area contributed by atoms with Crippen molar-refractivity contribution in [1.29, 1.82) is 0 Å². The Balaban J connectivity index is 0.000000225. The quantitative estimate of drug-likeness (QED) is 0.0993. The molecule has 4 aromatic rings. The van der Waals surface area contributed by atoms with Gasteiger partial charge in [0, 0.05) is 62.5 Å². The van der Waals surface area contributed by atoms with E-state index >= 15 is 0 Å². The van der Waals surface area contributed by atoms with Crippen molar-refractivity contribution in [3.8, 4) is 5.75 Å². The highest BCUT2D eigenvalue weighted by atomic mass is 19.1. The maximum Gasteiger partial charge on any atom is 0.298 e. The molecule has 232 valence electrons. The van der Waals surface area contributed by atoms with E-state index in [-0.39, 0.29) is 41.1 Å². The lowest BCUT2D eigenvalue weighted by atomic mass is 10.1. The number of carbonyl (C=O) groups excluding carboxylic acids is 4. The Labute approximate surface area is 254 Å². The van der Waals surface area contributed by atoms with Gasteiger partial charge >= 0.3 is 0 Å². The van der Waals surface area contributed by atoms with E-state index in [2.05, 4.69) is 16.7 Å². The highest BCUT2D eigenvalue weighted by Gasteiger charge is 2.20. The molecule has 5 rings (SSSR count). The Bertz CT molecular complexity index is 1550. The Kier molecular flexibility index (Phi) is 14.0. The van der Waals surface area contributed by atoms with Crippen LogP contribution in [-0.2, 0) is 16.6 Å². The molecule has 44 heavy (non-hydrogen) atoms. The van der Waals surface area contributed by atoms with Crippen molar-refractivity contribution in [1.82, 2.24) is 14.4 Å². The van der Waals surface area contributed by atoms with Crippen LogP contribution in [0.15, 0.2) is 79.0 Å². The van der Waals surface area contributed by atoms with E-state index in [1.165, 1.54) is 36.5 Å². The molecule has 0 bridgehead atoms. The summed E-state index contributed by atoms with van der Waals surface area (Å²) in [6.07, 6.45) is 1.66. The second-order valence-electron chi connectivity index (χ2n) is 9.20. The van der Waals surface area contributed by atoms with Gasteiger partial charge in [-0.15, -0.1) is 0 Å². The third-order valence-corrected chi connectivity index (χ3v) is 6.38. The summed E-state index contributed by atoms with van der Waals surface area (Å²) < 4.78 is 19.5. The van der Waals surface area contributed by atoms with E-state index in [0.29, 0.717) is 5.52 Å². The van der Waals surface area contributed by atoms with Crippen molar-refractivity contribution in [2.24, 2.45) is 7.05 Å². The van der Waals surface area contributed by atoms with E-state index in [0.717, 1.165) is 31.7 Å². The van der Waals surface area contributed by atoms with Crippen LogP contribution in [0.1, 0.15) is 34.6 Å². The third-order valence-electron chi connectivity index (χ3n) is 6.38. The van der Waals surface area contributed by atoms with Gasteiger partial charge in [-0.2, -0.15) is 0 Å². The van der Waals surface area contributed by atoms with E-state index in [9.17, 15) is 33.7 Å². The molecule has 12 heteroatoms. The van der Waals surface area contributed by atoms with E-state index < -0.39 is 16.5 Å². The molecule has 1 fully saturated rings. The maximum absolute atomic E-state index is 13.5. The van der Waals surface area contributed by atoms with Crippen LogP contribution in [0, 0.1) is 15.9 Å². The SMILES string of the molecule is CC.CN1CCN(C(=O)c2ccccc2)CC1.Cn1cc(C(=O)C=O)c2c(F)cccc21.O=COc1ccc([N+](=O)[O-])cc1. The lowest BCUT2D eigenvalue weighted by Gasteiger charge is -2.32. The molecule has 1 aliphatic heterocycles. The molecule has 0 aliphatic carbocycles. The lowest BCUT2D eigenvalue weighted by Crippen LogP contribution is -2.47. The number of nitrogens with zero attached hydrogens (tertiary/aromatic N) is 4. The van der Waals surface area contributed by atoms with E-state index in [4.69, 9.17) is 0 Å². The van der Waals surface area contributed by atoms with Crippen molar-refractivity contribution in [2.75, 3.05) is 33.2 Å². The normalized spacial score (nSPS) is 12.2. The number of amides is 1. The van der Waals surface area contributed by atoms with Crippen LogP contribution in [0.25, 0.3) is 10.9 Å². The van der Waals surface area contributed by atoms with Gasteiger partial charge in [0.15, 0.2) is 6.29 Å². The number of aromatic nitrogens is 1. The second kappa shape index (κ2) is 17.7. The average Bonchev–Trinajstić information content (AvgIpc) is 3.40. The maximum atomic E-state index is 13.5. The number of rotatable bonds is 6. The summed E-state index contributed by atoms with van der Waals surface area (Å²) in [6.45, 7) is 7.88. The minimum atomic E-state index is -0.703. The number of hydrogen-bond acceptors (Lipinski definition) is 8. The van der Waals surface area contributed by atoms with Crippen molar-refractivity contribution in [3.05, 3.63) is 106 Å². The first kappa shape index (κ1) is 35.0. The average molecular weight is 607 g/mol. The third kappa shape index (κ3) is 9.66. The van der Waals surface area contributed by atoms with Gasteiger partial charge in [-0.05, 0) is 43.4 Å². The topological polar surface area (TPSA) is 132 Å². The van der Waals surface area contributed by atoms with Crippen molar-refractivity contribution < 1.29 is 33.2 Å². The number of piperazine rings is 1. The molecule has 0 spiro atoms. The second-order valence-corrected chi connectivity index (χ2v) is 9.20. The fraction of sp³-hybridized carbons (Fsp3) is 0.250. The highest BCUT2D eigenvalue weighted by Crippen LogP contribution is 2.23. The van der Waals surface area contributed by atoms with Gasteiger partial charge in [0.05, 0.1) is 16.0 Å². The number of non-ortho nitro benzene ring substituents is 1. The Hall–Kier alpha value is -5.23. The summed E-state index contributed by atoms with van der Waals surface area (Å²) in [5.41, 5.74) is 1.47. The van der Waals surface area contributed by atoms with Crippen LogP contribution in [0.2, 0.25) is 0 Å². The van der Waals surface area contributed by atoms with Crippen LogP contribution in [0.4, 0.5) is 10.1 Å². The minimum Gasteiger partial charge on any atom is -0.429 e. The minimum absolute atomic E-state index is 0.0340. The van der Waals surface area contributed by atoms with E-state index in [1.54, 1.807) is 23.7 Å². The zero-order valence-electron chi connectivity index (χ0n) is 25.0. The number of benzene rings is 3. The number of Topliss-reactive ketones (excluding diaryl/α,β-unsaturated/α-hetero) is 1. The summed E-state index contributed by atoms with van der Waals surface area (Å²) in [6, 6.07) is 19.3. The van der Waals surface area contributed by atoms with Crippen molar-refractivity contribution in [2.45, 2.75) is 13.8 Å². The molecule has 1 aromatic heterocycles. The molecule has 11 nitrogen and oxygen atoms in total. The van der Waals surface area contributed by atoms with Gasteiger partial charge in [0.25, 0.3) is 18.1 Å². The Morgan fingerprint density at radius 1 is 0.886 bits per heavy atom. The molecular weight excluding hydrogens is 571 g/mol. The number of aryl methyl sites for hydroxylation is 1. The fourth-order valence-corrected chi connectivity index (χ4v) is 4.13. The lowest BCUT2D eigenvalue weighted by molar-refractivity contribution is -0.384. The first-order valence-electron chi connectivity index (χ1n) is 13.8. The van der Waals surface area contributed by atoms with Gasteiger partial charge in [-0.25, -0.2) is 4.39 Å². The number of nitro groups is 1. The molecule has 0 N–H and O–H groups in total. The largest absolute Gasteiger partial charge is 0.429 e. The molecule has 0 atom stereocenters. The predicted molar refractivity (Wildman–Crippen MR) is 164 cm³/mol. The Morgan fingerprint density at radius 2 is 1.50 bits per heavy atom. The predicted octanol–water partition coefficient (Wildman–Crippen LogP) is 4.93. The number of hydrogen-bond donors (Lipinski definition) is 0. The highest BCUT2D eigenvalue weighted by molar-refractivity contribution is 6.36. The standard InChI is InChI=1S/C12H16N2O.C11H8FNO2.C7H5NO4.C2H6/c1-13-7-9-14(10-8-13)12(15)11-5-3-2-4-6-11;1-13-5-7(10(15)6-14)11-8(12)3-2-4-9(11)13;9-5-12-7-3-1-6(2-4-7)8(10)11;1-2/h2-6H,7-10H2,1H3;2-6H,1H3;1-5H;1-2H3. The number of ether oxygens (including phenoxy) is 1. The number of fused-ring (bicyclic) bond motifs is 1. The number of nitro benzene ring substituents is 1. The number of likely N-dealkylation sites (N-methyl/N-ethyl adjacent to an activating group) is 1. The molecule has 2 heterocycles. The number of halogens is 1. The van der Waals surface area contributed by atoms with Gasteiger partial charge in [-0.3, -0.25) is 29.3 Å². The van der Waals surface area contributed by atoms with Crippen molar-refractivity contribution >= 4 is 41.0 Å². The summed E-state index contributed by atoms with van der Waals surface area (Å²) in [5, 5.41) is 10.4. The summed E-state index contributed by atoms with van der Waals surface area (Å²) in [5.74, 6) is -0.747. The monoisotopic (exact) mass is 606 g/mol. The molecule has 0 radical (unpaired) electrons. The molecule has 1 amide bonds. The van der Waals surface area contributed by atoms with Gasteiger partial charge in [0.2, 0.25) is 5.78 Å². The zero-order chi connectivity index (χ0) is 32.6.